The Labute approximate surface area is 84.5 Å². The molecule has 0 aromatic carbocycles. The van der Waals surface area contributed by atoms with Gasteiger partial charge in [0.25, 0.3) is 0 Å². The first-order chi connectivity index (χ1) is 6.33. The fourth-order valence-electron chi connectivity index (χ4n) is 1.65. The maximum absolute atomic E-state index is 11.3. The van der Waals surface area contributed by atoms with Crippen molar-refractivity contribution in [2.75, 3.05) is 19.6 Å². The van der Waals surface area contributed by atoms with Gasteiger partial charge in [-0.3, -0.25) is 9.69 Å². The first kappa shape index (κ1) is 11.6. The highest BCUT2D eigenvalue weighted by Crippen LogP contribution is 2.21. The number of carbonyl (C=O) groups excluding carboxylic acids is 1. The summed E-state index contributed by atoms with van der Waals surface area (Å²) in [7, 11) is 0. The molecule has 0 saturated carbocycles. The molecule has 1 aliphatic rings. The maximum atomic E-state index is 11.3. The van der Waals surface area contributed by atoms with Gasteiger partial charge in [-0.2, -0.15) is 0 Å². The van der Waals surface area contributed by atoms with Crippen LogP contribution in [0.2, 0.25) is 0 Å². The number of hydrogen-bond acceptors (Lipinski definition) is 4. The minimum absolute atomic E-state index is 0.133. The smallest absolute Gasteiger partial charge is 0.136 e. The Balaban J connectivity index is 2.50. The summed E-state index contributed by atoms with van der Waals surface area (Å²) in [6.07, 6.45) is -1.34. The lowest BCUT2D eigenvalue weighted by molar-refractivity contribution is -0.125. The Morgan fingerprint density at radius 2 is 1.79 bits per heavy atom. The van der Waals surface area contributed by atoms with E-state index in [1.165, 1.54) is 0 Å². The average Bonchev–Trinajstić information content (AvgIpc) is 2.29. The van der Waals surface area contributed by atoms with Crippen LogP contribution in [0.15, 0.2) is 0 Å². The molecule has 1 fully saturated rings. The molecule has 1 rings (SSSR count). The highest BCUT2D eigenvalue weighted by Gasteiger charge is 2.34. The Morgan fingerprint density at radius 3 is 2.14 bits per heavy atom. The molecular formula is C10H19NO3. The van der Waals surface area contributed by atoms with Crippen LogP contribution in [-0.4, -0.2) is 52.7 Å². The number of nitrogens with zero attached hydrogens (tertiary/aromatic N) is 1. The first-order valence-corrected chi connectivity index (χ1v) is 4.92. The van der Waals surface area contributed by atoms with Crippen LogP contribution in [0.4, 0.5) is 0 Å². The fourth-order valence-corrected chi connectivity index (χ4v) is 1.65. The van der Waals surface area contributed by atoms with E-state index in [0.29, 0.717) is 19.6 Å². The molecule has 2 N–H and O–H groups in total. The van der Waals surface area contributed by atoms with E-state index in [2.05, 4.69) is 0 Å². The van der Waals surface area contributed by atoms with Crippen LogP contribution in [0.5, 0.6) is 0 Å². The number of carbonyl (C=O) groups is 1. The lowest BCUT2D eigenvalue weighted by Gasteiger charge is -2.27. The number of rotatable bonds is 3. The molecule has 0 aliphatic carbocycles. The largest absolute Gasteiger partial charge is 0.389 e. The summed E-state index contributed by atoms with van der Waals surface area (Å²) < 4.78 is 0. The monoisotopic (exact) mass is 201 g/mol. The summed E-state index contributed by atoms with van der Waals surface area (Å²) in [5, 5.41) is 18.7. The van der Waals surface area contributed by atoms with E-state index in [1.807, 2.05) is 18.7 Å². The van der Waals surface area contributed by atoms with E-state index < -0.39 is 17.6 Å². The van der Waals surface area contributed by atoms with Crippen LogP contribution >= 0.6 is 0 Å². The van der Waals surface area contributed by atoms with Crippen LogP contribution < -0.4 is 0 Å². The van der Waals surface area contributed by atoms with E-state index >= 15 is 0 Å². The van der Waals surface area contributed by atoms with Gasteiger partial charge >= 0.3 is 0 Å². The predicted molar refractivity (Wildman–Crippen MR) is 52.9 cm³/mol. The predicted octanol–water partition coefficient (Wildman–Crippen LogP) is -0.361. The molecule has 2 atom stereocenters. The molecule has 4 heteroatoms. The minimum atomic E-state index is -0.669. The van der Waals surface area contributed by atoms with Gasteiger partial charge in [0.2, 0.25) is 0 Å². The van der Waals surface area contributed by atoms with Gasteiger partial charge in [-0.1, -0.05) is 13.8 Å². The van der Waals surface area contributed by atoms with Crippen LogP contribution in [0, 0.1) is 5.41 Å². The molecule has 0 radical (unpaired) electrons. The van der Waals surface area contributed by atoms with Gasteiger partial charge in [-0.25, -0.2) is 0 Å². The summed E-state index contributed by atoms with van der Waals surface area (Å²) in [5.74, 6) is 0.133. The van der Waals surface area contributed by atoms with Gasteiger partial charge in [0.1, 0.15) is 5.78 Å². The normalized spacial score (nSPS) is 29.5. The van der Waals surface area contributed by atoms with Crippen molar-refractivity contribution in [1.29, 1.82) is 0 Å². The Hall–Kier alpha value is -0.450. The molecule has 0 bridgehead atoms. The number of aliphatic hydroxyl groups excluding tert-OH is 2. The summed E-state index contributed by atoms with van der Waals surface area (Å²) >= 11 is 0. The fraction of sp³-hybridized carbons (Fsp3) is 0.900. The summed E-state index contributed by atoms with van der Waals surface area (Å²) in [6.45, 7) is 6.84. The molecule has 0 aromatic rings. The summed E-state index contributed by atoms with van der Waals surface area (Å²) in [4.78, 5) is 13.2. The van der Waals surface area contributed by atoms with Gasteiger partial charge in [0, 0.05) is 25.0 Å². The molecule has 14 heavy (non-hydrogen) atoms. The molecule has 0 amide bonds. The summed E-state index contributed by atoms with van der Waals surface area (Å²) in [5.41, 5.74) is -0.399. The second kappa shape index (κ2) is 3.96. The highest BCUT2D eigenvalue weighted by atomic mass is 16.3. The van der Waals surface area contributed by atoms with E-state index in [1.54, 1.807) is 6.92 Å². The molecule has 0 spiro atoms. The first-order valence-electron chi connectivity index (χ1n) is 4.92. The lowest BCUT2D eigenvalue weighted by atomic mass is 9.88. The molecule has 1 heterocycles. The number of ketones is 1. The number of β-amino-alcohol motifs (C(OH)–C–C–N with tert-alkyl or cyclic N) is 2. The molecule has 82 valence electrons. The maximum Gasteiger partial charge on any atom is 0.136 e. The summed E-state index contributed by atoms with van der Waals surface area (Å²) in [6, 6.07) is 0. The Morgan fingerprint density at radius 1 is 1.36 bits per heavy atom. The average molecular weight is 201 g/mol. The van der Waals surface area contributed by atoms with Crippen molar-refractivity contribution in [2.45, 2.75) is 33.0 Å². The van der Waals surface area contributed by atoms with Gasteiger partial charge in [0.15, 0.2) is 0 Å². The van der Waals surface area contributed by atoms with Crippen molar-refractivity contribution in [3.8, 4) is 0 Å². The highest BCUT2D eigenvalue weighted by molar-refractivity contribution is 5.81. The number of Topliss-reactive ketones (excluding diaryl/α,β-unsaturated/α-hetero) is 1. The number of aliphatic hydroxyl groups is 2. The van der Waals surface area contributed by atoms with E-state index in [4.69, 9.17) is 0 Å². The third kappa shape index (κ3) is 2.53. The van der Waals surface area contributed by atoms with Crippen LogP contribution in [0.1, 0.15) is 20.8 Å². The zero-order chi connectivity index (χ0) is 10.9. The molecule has 0 aromatic heterocycles. The van der Waals surface area contributed by atoms with E-state index in [9.17, 15) is 15.0 Å². The third-order valence-electron chi connectivity index (χ3n) is 2.91. The minimum Gasteiger partial charge on any atom is -0.389 e. The molecule has 4 nitrogen and oxygen atoms in total. The van der Waals surface area contributed by atoms with Crippen molar-refractivity contribution < 1.29 is 15.0 Å². The van der Waals surface area contributed by atoms with Gasteiger partial charge in [-0.05, 0) is 6.92 Å². The zero-order valence-corrected chi connectivity index (χ0v) is 9.03. The topological polar surface area (TPSA) is 60.8 Å². The van der Waals surface area contributed by atoms with Crippen molar-refractivity contribution in [1.82, 2.24) is 4.90 Å². The Bertz CT molecular complexity index is 217. The van der Waals surface area contributed by atoms with Crippen LogP contribution in [-0.2, 0) is 4.79 Å². The van der Waals surface area contributed by atoms with Gasteiger partial charge < -0.3 is 10.2 Å². The van der Waals surface area contributed by atoms with Crippen molar-refractivity contribution in [3.63, 3.8) is 0 Å². The molecular weight excluding hydrogens is 182 g/mol. The molecule has 1 saturated heterocycles. The second-order valence-corrected chi connectivity index (χ2v) is 4.77. The van der Waals surface area contributed by atoms with Crippen molar-refractivity contribution >= 4 is 5.78 Å². The van der Waals surface area contributed by atoms with E-state index in [-0.39, 0.29) is 5.78 Å². The molecule has 2 unspecified atom stereocenters. The number of hydrogen-bond donors (Lipinski definition) is 2. The van der Waals surface area contributed by atoms with Gasteiger partial charge in [0.05, 0.1) is 12.2 Å². The number of likely N-dealkylation sites (tertiary alicyclic amines) is 1. The SMILES string of the molecule is CC(=O)C(C)(C)CN1CC(O)C(O)C1. The van der Waals surface area contributed by atoms with Gasteiger partial charge in [-0.15, -0.1) is 0 Å². The lowest BCUT2D eigenvalue weighted by Crippen LogP contribution is -2.37. The molecule has 1 aliphatic heterocycles. The Kier molecular flexibility index (Phi) is 3.29. The quantitative estimate of drug-likeness (QED) is 0.654. The van der Waals surface area contributed by atoms with E-state index in [0.717, 1.165) is 0 Å². The third-order valence-corrected chi connectivity index (χ3v) is 2.91. The second-order valence-electron chi connectivity index (χ2n) is 4.77. The van der Waals surface area contributed by atoms with Crippen molar-refractivity contribution in [3.05, 3.63) is 0 Å². The van der Waals surface area contributed by atoms with Crippen molar-refractivity contribution in [2.24, 2.45) is 5.41 Å². The standard InChI is InChI=1S/C10H19NO3/c1-7(12)10(2,3)6-11-4-8(13)9(14)5-11/h8-9,13-14H,4-6H2,1-3H3. The zero-order valence-electron chi connectivity index (χ0n) is 9.03. The van der Waals surface area contributed by atoms with Crippen LogP contribution in [0.3, 0.4) is 0 Å². The van der Waals surface area contributed by atoms with Crippen LogP contribution in [0.25, 0.3) is 0 Å².